The standard InChI is InChI=1S/C30H42F2O3/c1-3-5-7-9-11-12-14-16-23-17-18-25(30(33)34)26(22-23)24-19-20-27(29(32)28(24)31)35-21-15-13-10-8-6-4-2/h17-20,22H,3-16,21H2,1-2H3,(H,33,34)/p-1. The molecule has 0 bridgehead atoms. The molecular weight excluding hydrogens is 446 g/mol. The van der Waals surface area contributed by atoms with Crippen molar-refractivity contribution >= 4 is 5.97 Å². The van der Waals surface area contributed by atoms with Crippen molar-refractivity contribution in [3.05, 3.63) is 53.1 Å². The SMILES string of the molecule is CCCCCCCCCc1ccc(C(=O)[O-])c(-c2ccc(OCCCCCCCC)c(F)c2F)c1. The number of hydrogen-bond donors (Lipinski definition) is 0. The first-order chi connectivity index (χ1) is 17.0. The molecule has 0 aliphatic rings. The average Bonchev–Trinajstić information content (AvgIpc) is 2.85. The molecule has 2 rings (SSSR count). The summed E-state index contributed by atoms with van der Waals surface area (Å²) < 4.78 is 35.3. The van der Waals surface area contributed by atoms with Crippen LogP contribution in [0.15, 0.2) is 30.3 Å². The summed E-state index contributed by atoms with van der Waals surface area (Å²) in [6.07, 6.45) is 15.4. The second-order valence-corrected chi connectivity index (χ2v) is 9.39. The molecule has 0 unspecified atom stereocenters. The van der Waals surface area contributed by atoms with Gasteiger partial charge in [0.25, 0.3) is 0 Å². The monoisotopic (exact) mass is 487 g/mol. The molecule has 0 saturated heterocycles. The van der Waals surface area contributed by atoms with Crippen LogP contribution in [0.2, 0.25) is 0 Å². The zero-order chi connectivity index (χ0) is 25.5. The van der Waals surface area contributed by atoms with Gasteiger partial charge < -0.3 is 14.6 Å². The first-order valence-electron chi connectivity index (χ1n) is 13.4. The average molecular weight is 488 g/mol. The molecule has 0 saturated carbocycles. The van der Waals surface area contributed by atoms with E-state index in [1.165, 1.54) is 69.6 Å². The van der Waals surface area contributed by atoms with Gasteiger partial charge in [0.05, 0.1) is 12.6 Å². The number of benzene rings is 2. The van der Waals surface area contributed by atoms with Gasteiger partial charge in [-0.15, -0.1) is 0 Å². The number of ether oxygens (including phenoxy) is 1. The summed E-state index contributed by atoms with van der Waals surface area (Å²) in [6.45, 7) is 4.67. The van der Waals surface area contributed by atoms with Crippen LogP contribution in [-0.4, -0.2) is 12.6 Å². The third-order valence-electron chi connectivity index (χ3n) is 6.47. The van der Waals surface area contributed by atoms with Crippen LogP contribution in [0, 0.1) is 11.6 Å². The Morgan fingerprint density at radius 2 is 1.34 bits per heavy atom. The highest BCUT2D eigenvalue weighted by Gasteiger charge is 2.19. The molecule has 0 aromatic heterocycles. The van der Waals surface area contributed by atoms with Gasteiger partial charge in [0.15, 0.2) is 11.6 Å². The lowest BCUT2D eigenvalue weighted by Crippen LogP contribution is -2.23. The fourth-order valence-corrected chi connectivity index (χ4v) is 4.35. The highest BCUT2D eigenvalue weighted by atomic mass is 19.2. The number of carboxylic acids is 1. The number of hydrogen-bond acceptors (Lipinski definition) is 3. The molecular formula is C30H41F2O3-. The summed E-state index contributed by atoms with van der Waals surface area (Å²) in [6, 6.07) is 7.59. The number of unbranched alkanes of at least 4 members (excludes halogenated alkanes) is 11. The van der Waals surface area contributed by atoms with E-state index in [4.69, 9.17) is 4.74 Å². The molecule has 2 aromatic carbocycles. The molecule has 0 aliphatic heterocycles. The van der Waals surface area contributed by atoms with Crippen LogP contribution in [0.25, 0.3) is 11.1 Å². The van der Waals surface area contributed by atoms with E-state index in [2.05, 4.69) is 13.8 Å². The summed E-state index contributed by atoms with van der Waals surface area (Å²) in [4.78, 5) is 11.7. The van der Waals surface area contributed by atoms with Gasteiger partial charge in [0, 0.05) is 11.1 Å². The van der Waals surface area contributed by atoms with Gasteiger partial charge in [-0.05, 0) is 42.5 Å². The third-order valence-corrected chi connectivity index (χ3v) is 6.47. The minimum absolute atomic E-state index is 0.0879. The van der Waals surface area contributed by atoms with Crippen molar-refractivity contribution in [2.24, 2.45) is 0 Å². The highest BCUT2D eigenvalue weighted by molar-refractivity contribution is 5.95. The summed E-state index contributed by atoms with van der Waals surface area (Å²) in [5, 5.41) is 11.7. The van der Waals surface area contributed by atoms with Crippen molar-refractivity contribution in [1.82, 2.24) is 0 Å². The highest BCUT2D eigenvalue weighted by Crippen LogP contribution is 2.33. The Labute approximate surface area is 209 Å². The van der Waals surface area contributed by atoms with Crippen molar-refractivity contribution in [3.63, 3.8) is 0 Å². The van der Waals surface area contributed by atoms with Crippen LogP contribution in [-0.2, 0) is 6.42 Å². The quantitative estimate of drug-likeness (QED) is 0.200. The van der Waals surface area contributed by atoms with E-state index in [1.807, 2.05) is 0 Å². The molecule has 0 amide bonds. The molecule has 35 heavy (non-hydrogen) atoms. The van der Waals surface area contributed by atoms with Gasteiger partial charge in [-0.25, -0.2) is 4.39 Å². The number of halogens is 2. The number of carboxylic acid groups (broad SMARTS) is 1. The Balaban J connectivity index is 2.05. The number of carbonyl (C=O) groups is 1. The lowest BCUT2D eigenvalue weighted by Gasteiger charge is -2.15. The van der Waals surface area contributed by atoms with Crippen LogP contribution in [0.1, 0.15) is 113 Å². The van der Waals surface area contributed by atoms with E-state index in [0.29, 0.717) is 6.61 Å². The first-order valence-corrected chi connectivity index (χ1v) is 13.4. The van der Waals surface area contributed by atoms with E-state index >= 15 is 4.39 Å². The molecule has 2 aromatic rings. The molecule has 0 atom stereocenters. The van der Waals surface area contributed by atoms with Crippen molar-refractivity contribution in [2.45, 2.75) is 104 Å². The first kappa shape index (κ1) is 28.8. The van der Waals surface area contributed by atoms with Crippen LogP contribution in [0.3, 0.4) is 0 Å². The molecule has 0 N–H and O–H groups in total. The summed E-state index contributed by atoms with van der Waals surface area (Å²) >= 11 is 0. The Bertz CT molecular complexity index is 911. The molecule has 0 radical (unpaired) electrons. The molecule has 0 aliphatic carbocycles. The second kappa shape index (κ2) is 16.3. The number of rotatable bonds is 18. The second-order valence-electron chi connectivity index (χ2n) is 9.39. The molecule has 3 nitrogen and oxygen atoms in total. The number of aromatic carboxylic acids is 1. The van der Waals surface area contributed by atoms with Crippen molar-refractivity contribution in [3.8, 4) is 16.9 Å². The van der Waals surface area contributed by atoms with Crippen molar-refractivity contribution < 1.29 is 23.4 Å². The Kier molecular flexibility index (Phi) is 13.4. The Morgan fingerprint density at radius 3 is 1.97 bits per heavy atom. The number of carbonyl (C=O) groups excluding carboxylic acids is 1. The van der Waals surface area contributed by atoms with Crippen LogP contribution < -0.4 is 9.84 Å². The van der Waals surface area contributed by atoms with Gasteiger partial charge in [0.2, 0.25) is 5.82 Å². The normalized spacial score (nSPS) is 11.1. The van der Waals surface area contributed by atoms with E-state index in [9.17, 15) is 14.3 Å². The van der Waals surface area contributed by atoms with Crippen molar-refractivity contribution in [1.29, 1.82) is 0 Å². The summed E-state index contributed by atoms with van der Waals surface area (Å²) in [5.41, 5.74) is 0.813. The lowest BCUT2D eigenvalue weighted by atomic mass is 9.94. The lowest BCUT2D eigenvalue weighted by molar-refractivity contribution is -0.254. The number of aryl methyl sites for hydroxylation is 1. The topological polar surface area (TPSA) is 49.4 Å². The maximum Gasteiger partial charge on any atom is 0.201 e. The van der Waals surface area contributed by atoms with E-state index in [-0.39, 0.29) is 22.4 Å². The fourth-order valence-electron chi connectivity index (χ4n) is 4.35. The van der Waals surface area contributed by atoms with Gasteiger partial charge >= 0.3 is 0 Å². The molecule has 194 valence electrons. The van der Waals surface area contributed by atoms with Gasteiger partial charge in [-0.2, -0.15) is 4.39 Å². The zero-order valence-corrected chi connectivity index (χ0v) is 21.5. The largest absolute Gasteiger partial charge is 0.545 e. The van der Waals surface area contributed by atoms with Gasteiger partial charge in [-0.3, -0.25) is 0 Å². The smallest absolute Gasteiger partial charge is 0.201 e. The van der Waals surface area contributed by atoms with E-state index in [0.717, 1.165) is 44.1 Å². The van der Waals surface area contributed by atoms with Crippen LogP contribution in [0.5, 0.6) is 5.75 Å². The zero-order valence-electron chi connectivity index (χ0n) is 21.5. The predicted octanol–water partition coefficient (Wildman–Crippen LogP) is 8.03. The minimum atomic E-state index is -1.41. The summed E-state index contributed by atoms with van der Waals surface area (Å²) in [7, 11) is 0. The van der Waals surface area contributed by atoms with Gasteiger partial charge in [-0.1, -0.05) is 103 Å². The molecule has 5 heteroatoms. The summed E-state index contributed by atoms with van der Waals surface area (Å²) in [5.74, 6) is -3.74. The van der Waals surface area contributed by atoms with E-state index < -0.39 is 17.6 Å². The van der Waals surface area contributed by atoms with Crippen molar-refractivity contribution in [2.75, 3.05) is 6.61 Å². The minimum Gasteiger partial charge on any atom is -0.545 e. The molecule has 0 fully saturated rings. The Hall–Kier alpha value is -2.43. The fraction of sp³-hybridized carbons (Fsp3) is 0.567. The predicted molar refractivity (Wildman–Crippen MR) is 137 cm³/mol. The third kappa shape index (κ3) is 9.62. The van der Waals surface area contributed by atoms with Crippen LogP contribution >= 0.6 is 0 Å². The molecule has 0 heterocycles. The maximum atomic E-state index is 15.0. The molecule has 0 spiro atoms. The maximum absolute atomic E-state index is 15.0. The van der Waals surface area contributed by atoms with E-state index in [1.54, 1.807) is 12.1 Å². The Morgan fingerprint density at radius 1 is 0.743 bits per heavy atom. The van der Waals surface area contributed by atoms with Gasteiger partial charge in [0.1, 0.15) is 0 Å². The van der Waals surface area contributed by atoms with Crippen LogP contribution in [0.4, 0.5) is 8.78 Å².